The Labute approximate surface area is 96.5 Å². The molecule has 3 heteroatoms. The molecule has 1 fully saturated rings. The van der Waals surface area contributed by atoms with Gasteiger partial charge in [0.2, 0.25) is 0 Å². The number of nitrogens with one attached hydrogen (secondary N) is 1. The summed E-state index contributed by atoms with van der Waals surface area (Å²) in [6, 6.07) is 7.50. The number of hydrogen-bond acceptors (Lipinski definition) is 2. The minimum atomic E-state index is -0.132. The molecule has 1 aromatic rings. The van der Waals surface area contributed by atoms with Crippen molar-refractivity contribution < 1.29 is 4.39 Å². The summed E-state index contributed by atoms with van der Waals surface area (Å²) in [6.07, 6.45) is 2.04. The zero-order valence-corrected chi connectivity index (χ0v) is 9.75. The second-order valence-corrected chi connectivity index (χ2v) is 4.51. The van der Waals surface area contributed by atoms with E-state index in [9.17, 15) is 4.39 Å². The fourth-order valence-electron chi connectivity index (χ4n) is 2.21. The van der Waals surface area contributed by atoms with Gasteiger partial charge in [0.15, 0.2) is 0 Å². The van der Waals surface area contributed by atoms with Gasteiger partial charge in [0.05, 0.1) is 0 Å². The lowest BCUT2D eigenvalue weighted by molar-refractivity contribution is 0.190. The summed E-state index contributed by atoms with van der Waals surface area (Å²) in [4.78, 5) is 2.38. The van der Waals surface area contributed by atoms with Crippen molar-refractivity contribution >= 4 is 0 Å². The number of aryl methyl sites for hydroxylation is 1. The summed E-state index contributed by atoms with van der Waals surface area (Å²) in [5.41, 5.74) is 1.10. The summed E-state index contributed by atoms with van der Waals surface area (Å²) in [5.74, 6) is -0.132. The van der Waals surface area contributed by atoms with E-state index in [2.05, 4.69) is 17.3 Å². The van der Waals surface area contributed by atoms with Gasteiger partial charge < -0.3 is 10.2 Å². The number of benzene rings is 1. The maximum atomic E-state index is 13.0. The summed E-state index contributed by atoms with van der Waals surface area (Å²) in [5, 5.41) is 3.40. The van der Waals surface area contributed by atoms with E-state index in [1.165, 1.54) is 6.07 Å². The minimum Gasteiger partial charge on any atom is -0.314 e. The van der Waals surface area contributed by atoms with Crippen LogP contribution >= 0.6 is 0 Å². The van der Waals surface area contributed by atoms with Gasteiger partial charge in [-0.15, -0.1) is 0 Å². The van der Waals surface area contributed by atoms with Gasteiger partial charge in [-0.05, 0) is 37.6 Å². The van der Waals surface area contributed by atoms with Crippen molar-refractivity contribution in [3.8, 4) is 0 Å². The first-order valence-electron chi connectivity index (χ1n) is 5.91. The van der Waals surface area contributed by atoms with Gasteiger partial charge in [-0.25, -0.2) is 4.39 Å². The van der Waals surface area contributed by atoms with E-state index in [0.29, 0.717) is 6.04 Å². The molecule has 1 heterocycles. The molecule has 0 saturated carbocycles. The van der Waals surface area contributed by atoms with Crippen LogP contribution in [0.25, 0.3) is 0 Å². The topological polar surface area (TPSA) is 15.3 Å². The van der Waals surface area contributed by atoms with Gasteiger partial charge in [0, 0.05) is 25.7 Å². The van der Waals surface area contributed by atoms with E-state index in [0.717, 1.165) is 38.0 Å². The molecule has 0 amide bonds. The molecule has 0 bridgehead atoms. The van der Waals surface area contributed by atoms with Gasteiger partial charge in [0.25, 0.3) is 0 Å². The van der Waals surface area contributed by atoms with Crippen molar-refractivity contribution in [2.45, 2.75) is 18.9 Å². The number of halogens is 1. The highest BCUT2D eigenvalue weighted by molar-refractivity contribution is 5.16. The van der Waals surface area contributed by atoms with E-state index < -0.39 is 0 Å². The lowest BCUT2D eigenvalue weighted by Crippen LogP contribution is -2.49. The Bertz CT molecular complexity index is 340. The van der Waals surface area contributed by atoms with Crippen LogP contribution in [0, 0.1) is 5.82 Å². The quantitative estimate of drug-likeness (QED) is 0.836. The van der Waals surface area contributed by atoms with E-state index in [1.807, 2.05) is 6.07 Å². The zero-order valence-electron chi connectivity index (χ0n) is 9.75. The zero-order chi connectivity index (χ0) is 11.4. The smallest absolute Gasteiger partial charge is 0.123 e. The standard InChI is InChI=1S/C13H19FN2/c1-16-8-7-15-10-13(16)6-5-11-3-2-4-12(14)9-11/h2-4,9,13,15H,5-8,10H2,1H3. The molecule has 2 rings (SSSR count). The first kappa shape index (κ1) is 11.6. The molecule has 1 unspecified atom stereocenters. The molecular formula is C13H19FN2. The fourth-order valence-corrected chi connectivity index (χ4v) is 2.21. The molecule has 2 nitrogen and oxygen atoms in total. The van der Waals surface area contributed by atoms with Gasteiger partial charge in [-0.2, -0.15) is 0 Å². The number of likely N-dealkylation sites (N-methyl/N-ethyl adjacent to an activating group) is 1. The predicted octanol–water partition coefficient (Wildman–Crippen LogP) is 1.66. The highest BCUT2D eigenvalue weighted by Crippen LogP contribution is 2.11. The van der Waals surface area contributed by atoms with Crippen LogP contribution in [0.2, 0.25) is 0 Å². The number of nitrogens with zero attached hydrogens (tertiary/aromatic N) is 1. The van der Waals surface area contributed by atoms with Gasteiger partial charge in [-0.3, -0.25) is 0 Å². The maximum absolute atomic E-state index is 13.0. The molecule has 1 N–H and O–H groups in total. The molecule has 1 aliphatic rings. The fraction of sp³-hybridized carbons (Fsp3) is 0.538. The van der Waals surface area contributed by atoms with Crippen LogP contribution < -0.4 is 5.32 Å². The van der Waals surface area contributed by atoms with Crippen molar-refractivity contribution in [1.82, 2.24) is 10.2 Å². The average Bonchev–Trinajstić information content (AvgIpc) is 2.28. The van der Waals surface area contributed by atoms with E-state index in [4.69, 9.17) is 0 Å². The molecule has 88 valence electrons. The molecule has 16 heavy (non-hydrogen) atoms. The molecule has 1 aromatic carbocycles. The summed E-state index contributed by atoms with van der Waals surface area (Å²) >= 11 is 0. The molecule has 1 aliphatic heterocycles. The Morgan fingerprint density at radius 3 is 3.12 bits per heavy atom. The Morgan fingerprint density at radius 2 is 2.38 bits per heavy atom. The Hall–Kier alpha value is -0.930. The molecule has 1 atom stereocenters. The van der Waals surface area contributed by atoms with Gasteiger partial charge >= 0.3 is 0 Å². The molecule has 0 spiro atoms. The third-order valence-electron chi connectivity index (χ3n) is 3.30. The van der Waals surface area contributed by atoms with Crippen LogP contribution in [0.15, 0.2) is 24.3 Å². The first-order chi connectivity index (χ1) is 7.75. The largest absolute Gasteiger partial charge is 0.314 e. The Balaban J connectivity index is 1.86. The number of rotatable bonds is 3. The normalized spacial score (nSPS) is 22.2. The monoisotopic (exact) mass is 222 g/mol. The van der Waals surface area contributed by atoms with Gasteiger partial charge in [-0.1, -0.05) is 12.1 Å². The highest BCUT2D eigenvalue weighted by Gasteiger charge is 2.17. The highest BCUT2D eigenvalue weighted by atomic mass is 19.1. The molecular weight excluding hydrogens is 203 g/mol. The van der Waals surface area contributed by atoms with E-state index >= 15 is 0 Å². The van der Waals surface area contributed by atoms with E-state index in [1.54, 1.807) is 12.1 Å². The molecule has 1 saturated heterocycles. The average molecular weight is 222 g/mol. The van der Waals surface area contributed by atoms with Crippen molar-refractivity contribution in [3.05, 3.63) is 35.6 Å². The van der Waals surface area contributed by atoms with Gasteiger partial charge in [0.1, 0.15) is 5.82 Å². The molecule has 0 radical (unpaired) electrons. The number of hydrogen-bond donors (Lipinski definition) is 1. The van der Waals surface area contributed by atoms with Crippen LogP contribution in [-0.2, 0) is 6.42 Å². The lowest BCUT2D eigenvalue weighted by Gasteiger charge is -2.33. The predicted molar refractivity (Wildman–Crippen MR) is 64.0 cm³/mol. The second-order valence-electron chi connectivity index (χ2n) is 4.51. The lowest BCUT2D eigenvalue weighted by atomic mass is 10.0. The molecule has 0 aromatic heterocycles. The SMILES string of the molecule is CN1CCNCC1CCc1cccc(F)c1. The summed E-state index contributed by atoms with van der Waals surface area (Å²) < 4.78 is 13.0. The van der Waals surface area contributed by atoms with Crippen molar-refractivity contribution in [3.63, 3.8) is 0 Å². The Kier molecular flexibility index (Phi) is 3.91. The maximum Gasteiger partial charge on any atom is 0.123 e. The van der Waals surface area contributed by atoms with Crippen LogP contribution in [0.5, 0.6) is 0 Å². The first-order valence-corrected chi connectivity index (χ1v) is 5.91. The van der Waals surface area contributed by atoms with Crippen molar-refractivity contribution in [2.24, 2.45) is 0 Å². The number of piperazine rings is 1. The Morgan fingerprint density at radius 1 is 1.50 bits per heavy atom. The van der Waals surface area contributed by atoms with Crippen molar-refractivity contribution in [2.75, 3.05) is 26.7 Å². The van der Waals surface area contributed by atoms with Crippen LogP contribution in [0.4, 0.5) is 4.39 Å². The van der Waals surface area contributed by atoms with Crippen molar-refractivity contribution in [1.29, 1.82) is 0 Å². The summed E-state index contributed by atoms with van der Waals surface area (Å²) in [6.45, 7) is 3.23. The van der Waals surface area contributed by atoms with Crippen LogP contribution in [0.3, 0.4) is 0 Å². The molecule has 0 aliphatic carbocycles. The third-order valence-corrected chi connectivity index (χ3v) is 3.30. The minimum absolute atomic E-state index is 0.132. The second kappa shape index (κ2) is 5.41. The van der Waals surface area contributed by atoms with E-state index in [-0.39, 0.29) is 5.82 Å². The van der Waals surface area contributed by atoms with Crippen LogP contribution in [-0.4, -0.2) is 37.6 Å². The van der Waals surface area contributed by atoms with Crippen LogP contribution in [0.1, 0.15) is 12.0 Å². The third kappa shape index (κ3) is 3.03. The summed E-state index contributed by atoms with van der Waals surface area (Å²) in [7, 11) is 2.16.